The Kier molecular flexibility index (Phi) is 4.84. The average Bonchev–Trinajstić information content (AvgIpc) is 3.04. The van der Waals surface area contributed by atoms with Crippen LogP contribution in [0, 0.1) is 0 Å². The molecular formula is C18H12ClF3N2O3. The summed E-state index contributed by atoms with van der Waals surface area (Å²) >= 11 is 5.84. The molecule has 0 radical (unpaired) electrons. The van der Waals surface area contributed by atoms with E-state index in [1.807, 2.05) is 0 Å². The van der Waals surface area contributed by atoms with E-state index in [-0.39, 0.29) is 16.3 Å². The number of H-pyrrole nitrogens is 1. The minimum Gasteiger partial charge on any atom is -0.497 e. The zero-order chi connectivity index (χ0) is 19.8. The second-order valence-corrected chi connectivity index (χ2v) is 6.00. The second-order valence-electron chi connectivity index (χ2n) is 5.59. The Balaban J connectivity index is 1.90. The molecular weight excluding hydrogens is 385 g/mol. The van der Waals surface area contributed by atoms with Gasteiger partial charge in [-0.2, -0.15) is 13.2 Å². The molecule has 1 aromatic heterocycles. The van der Waals surface area contributed by atoms with E-state index in [9.17, 15) is 22.8 Å². The summed E-state index contributed by atoms with van der Waals surface area (Å²) in [5.41, 5.74) is -0.637. The highest BCUT2D eigenvalue weighted by Crippen LogP contribution is 2.34. The number of carbonyl (C=O) groups excluding carboxylic acids is 2. The Morgan fingerprint density at radius 2 is 1.89 bits per heavy atom. The van der Waals surface area contributed by atoms with E-state index in [2.05, 4.69) is 10.3 Å². The molecule has 2 aromatic carbocycles. The third-order valence-corrected chi connectivity index (χ3v) is 4.21. The summed E-state index contributed by atoms with van der Waals surface area (Å²) < 4.78 is 43.6. The van der Waals surface area contributed by atoms with Crippen molar-refractivity contribution in [3.8, 4) is 5.75 Å². The van der Waals surface area contributed by atoms with Gasteiger partial charge in [0.15, 0.2) is 0 Å². The number of alkyl halides is 3. The SMILES string of the molecule is COc1ccc2[nH]cc(C(=O)C(=O)Nc3cc(C(F)(F)F)ccc3Cl)c2c1. The average molecular weight is 397 g/mol. The molecule has 0 fully saturated rings. The Hall–Kier alpha value is -3.00. The number of Topliss-reactive ketones (excluding diaryl/α,β-unsaturated/α-hetero) is 1. The lowest BCUT2D eigenvalue weighted by atomic mass is 10.1. The van der Waals surface area contributed by atoms with Crippen LogP contribution in [0.25, 0.3) is 10.9 Å². The highest BCUT2D eigenvalue weighted by Gasteiger charge is 2.31. The van der Waals surface area contributed by atoms with Crippen molar-refractivity contribution in [1.29, 1.82) is 0 Å². The van der Waals surface area contributed by atoms with E-state index < -0.39 is 23.4 Å². The third-order valence-electron chi connectivity index (χ3n) is 3.88. The number of benzene rings is 2. The first kappa shape index (κ1) is 18.8. The van der Waals surface area contributed by atoms with Gasteiger partial charge in [0, 0.05) is 17.1 Å². The number of fused-ring (bicyclic) bond motifs is 1. The molecule has 3 aromatic rings. The number of carbonyl (C=O) groups is 2. The molecule has 0 aliphatic rings. The molecule has 27 heavy (non-hydrogen) atoms. The van der Waals surface area contributed by atoms with Crippen LogP contribution in [0.2, 0.25) is 5.02 Å². The largest absolute Gasteiger partial charge is 0.497 e. The van der Waals surface area contributed by atoms with Crippen molar-refractivity contribution < 1.29 is 27.5 Å². The Morgan fingerprint density at radius 1 is 1.15 bits per heavy atom. The van der Waals surface area contributed by atoms with Crippen molar-refractivity contribution >= 4 is 39.9 Å². The molecule has 0 bridgehead atoms. The highest BCUT2D eigenvalue weighted by atomic mass is 35.5. The van der Waals surface area contributed by atoms with Gasteiger partial charge in [0.05, 0.1) is 28.9 Å². The Labute approximate surface area is 156 Å². The summed E-state index contributed by atoms with van der Waals surface area (Å²) in [6.45, 7) is 0. The molecule has 0 atom stereocenters. The predicted octanol–water partition coefficient (Wildman–Crippen LogP) is 4.67. The van der Waals surface area contributed by atoms with Gasteiger partial charge in [0.1, 0.15) is 5.75 Å². The summed E-state index contributed by atoms with van der Waals surface area (Å²) in [5, 5.41) is 2.47. The van der Waals surface area contributed by atoms with E-state index >= 15 is 0 Å². The standard InChI is InChI=1S/C18H12ClF3N2O3/c1-27-10-3-5-14-11(7-10)12(8-23-14)16(25)17(26)24-15-6-9(18(20,21)22)2-4-13(15)19/h2-8,23H,1H3,(H,24,26). The lowest BCUT2D eigenvalue weighted by Gasteiger charge is -2.11. The number of ketones is 1. The van der Waals surface area contributed by atoms with Crippen molar-refractivity contribution in [1.82, 2.24) is 4.98 Å². The topological polar surface area (TPSA) is 71.2 Å². The maximum atomic E-state index is 12.8. The second kappa shape index (κ2) is 6.96. The fourth-order valence-corrected chi connectivity index (χ4v) is 2.68. The van der Waals surface area contributed by atoms with Crippen LogP contribution in [0.1, 0.15) is 15.9 Å². The summed E-state index contributed by atoms with van der Waals surface area (Å²) in [7, 11) is 1.46. The van der Waals surface area contributed by atoms with Gasteiger partial charge in [0.2, 0.25) is 0 Å². The zero-order valence-electron chi connectivity index (χ0n) is 13.8. The number of nitrogens with one attached hydrogen (secondary N) is 2. The molecule has 0 saturated heterocycles. The predicted molar refractivity (Wildman–Crippen MR) is 94.3 cm³/mol. The van der Waals surface area contributed by atoms with Gasteiger partial charge < -0.3 is 15.0 Å². The molecule has 0 aliphatic heterocycles. The van der Waals surface area contributed by atoms with Crippen LogP contribution < -0.4 is 10.1 Å². The van der Waals surface area contributed by atoms with Crippen LogP contribution in [0.15, 0.2) is 42.6 Å². The van der Waals surface area contributed by atoms with Crippen molar-refractivity contribution in [2.45, 2.75) is 6.18 Å². The minimum atomic E-state index is -4.61. The molecule has 5 nitrogen and oxygen atoms in total. The van der Waals surface area contributed by atoms with E-state index in [1.54, 1.807) is 18.2 Å². The number of aromatic amines is 1. The quantitative estimate of drug-likeness (QED) is 0.497. The fraction of sp³-hybridized carbons (Fsp3) is 0.111. The van der Waals surface area contributed by atoms with E-state index in [0.717, 1.165) is 12.1 Å². The normalized spacial score (nSPS) is 11.4. The molecule has 0 saturated carbocycles. The lowest BCUT2D eigenvalue weighted by Crippen LogP contribution is -2.23. The van der Waals surface area contributed by atoms with Gasteiger partial charge in [-0.05, 0) is 36.4 Å². The molecule has 0 spiro atoms. The number of methoxy groups -OCH3 is 1. The van der Waals surface area contributed by atoms with Gasteiger partial charge >= 0.3 is 6.18 Å². The number of aromatic nitrogens is 1. The number of hydrogen-bond donors (Lipinski definition) is 2. The summed E-state index contributed by atoms with van der Waals surface area (Å²) in [6, 6.07) is 7.38. The third kappa shape index (κ3) is 3.75. The number of anilines is 1. The van der Waals surface area contributed by atoms with Gasteiger partial charge in [0.25, 0.3) is 11.7 Å². The maximum absolute atomic E-state index is 12.8. The monoisotopic (exact) mass is 396 g/mol. The van der Waals surface area contributed by atoms with E-state index in [1.165, 1.54) is 13.3 Å². The number of hydrogen-bond acceptors (Lipinski definition) is 3. The molecule has 1 amide bonds. The van der Waals surface area contributed by atoms with E-state index in [0.29, 0.717) is 22.7 Å². The van der Waals surface area contributed by atoms with Crippen LogP contribution in [-0.2, 0) is 11.0 Å². The summed E-state index contributed by atoms with van der Waals surface area (Å²) in [5.74, 6) is -1.56. The number of ether oxygens (including phenoxy) is 1. The van der Waals surface area contributed by atoms with Crippen molar-refractivity contribution in [2.24, 2.45) is 0 Å². The maximum Gasteiger partial charge on any atom is 0.416 e. The first-order chi connectivity index (χ1) is 12.7. The van der Waals surface area contributed by atoms with Crippen molar-refractivity contribution in [2.75, 3.05) is 12.4 Å². The van der Waals surface area contributed by atoms with Crippen LogP contribution in [0.5, 0.6) is 5.75 Å². The van der Waals surface area contributed by atoms with Crippen molar-refractivity contribution in [3.05, 3.63) is 58.7 Å². The number of amides is 1. The smallest absolute Gasteiger partial charge is 0.416 e. The van der Waals surface area contributed by atoms with Gasteiger partial charge in [-0.3, -0.25) is 9.59 Å². The summed E-state index contributed by atoms with van der Waals surface area (Å²) in [6.07, 6.45) is -3.26. The lowest BCUT2D eigenvalue weighted by molar-refractivity contribution is -0.137. The minimum absolute atomic E-state index is 0.0597. The van der Waals surface area contributed by atoms with Crippen LogP contribution in [0.4, 0.5) is 18.9 Å². The summed E-state index contributed by atoms with van der Waals surface area (Å²) in [4.78, 5) is 27.6. The van der Waals surface area contributed by atoms with Crippen molar-refractivity contribution in [3.63, 3.8) is 0 Å². The molecule has 3 rings (SSSR count). The molecule has 2 N–H and O–H groups in total. The highest BCUT2D eigenvalue weighted by molar-refractivity contribution is 6.49. The molecule has 0 aliphatic carbocycles. The van der Waals surface area contributed by atoms with E-state index in [4.69, 9.17) is 16.3 Å². The first-order valence-corrected chi connectivity index (χ1v) is 7.96. The molecule has 1 heterocycles. The van der Waals surface area contributed by atoms with Gasteiger partial charge in [-0.1, -0.05) is 11.6 Å². The number of halogens is 4. The van der Waals surface area contributed by atoms with Gasteiger partial charge in [-0.15, -0.1) is 0 Å². The van der Waals surface area contributed by atoms with Crippen LogP contribution >= 0.6 is 11.6 Å². The fourth-order valence-electron chi connectivity index (χ4n) is 2.51. The number of rotatable bonds is 4. The first-order valence-electron chi connectivity index (χ1n) is 7.58. The molecule has 0 unspecified atom stereocenters. The Bertz CT molecular complexity index is 1040. The van der Waals surface area contributed by atoms with Crippen LogP contribution in [-0.4, -0.2) is 23.8 Å². The van der Waals surface area contributed by atoms with Crippen LogP contribution in [0.3, 0.4) is 0 Å². The molecule has 9 heteroatoms. The van der Waals surface area contributed by atoms with Gasteiger partial charge in [-0.25, -0.2) is 0 Å². The molecule has 140 valence electrons. The Morgan fingerprint density at radius 3 is 2.56 bits per heavy atom. The zero-order valence-corrected chi connectivity index (χ0v) is 14.5.